The van der Waals surface area contributed by atoms with Crippen LogP contribution in [0, 0.1) is 23.7 Å². The molecule has 4 unspecified atom stereocenters. The molecule has 3 heterocycles. The SMILES string of the molecule is CCN(CC)CCN1C(=O)[C@@H]2[C@@H](C(=O)Nc3ccc(C(C)C)cc3)[C@H]3C=C[C@@]2(O3)C1C(=O)NC1CCCC(C)C1C. The molecular weight excluding hydrogens is 516 g/mol. The second kappa shape index (κ2) is 11.9. The molecule has 1 spiro atoms. The van der Waals surface area contributed by atoms with Crippen LogP contribution in [0.4, 0.5) is 5.69 Å². The number of ether oxygens (including phenoxy) is 1. The van der Waals surface area contributed by atoms with Crippen molar-refractivity contribution < 1.29 is 19.1 Å². The van der Waals surface area contributed by atoms with Crippen molar-refractivity contribution in [1.82, 2.24) is 15.1 Å². The number of hydrogen-bond donors (Lipinski definition) is 2. The van der Waals surface area contributed by atoms with Gasteiger partial charge >= 0.3 is 0 Å². The molecule has 4 aliphatic rings. The second-order valence-corrected chi connectivity index (χ2v) is 12.9. The monoisotopic (exact) mass is 564 g/mol. The molecule has 1 aliphatic carbocycles. The third-order valence-corrected chi connectivity index (χ3v) is 10.4. The van der Waals surface area contributed by atoms with Crippen molar-refractivity contribution >= 4 is 23.4 Å². The molecule has 2 N–H and O–H groups in total. The lowest BCUT2D eigenvalue weighted by molar-refractivity contribution is -0.141. The maximum atomic E-state index is 14.2. The van der Waals surface area contributed by atoms with E-state index >= 15 is 0 Å². The second-order valence-electron chi connectivity index (χ2n) is 12.9. The zero-order valence-electron chi connectivity index (χ0n) is 25.6. The first kappa shape index (κ1) is 29.8. The van der Waals surface area contributed by atoms with Gasteiger partial charge in [-0.3, -0.25) is 14.4 Å². The number of anilines is 1. The summed E-state index contributed by atoms with van der Waals surface area (Å²) in [6.07, 6.45) is 6.44. The standard InChI is InChI=1S/C33H48N4O4/c1-7-36(8-2)18-19-37-29(31(39)35-25-11-9-10-21(5)22(25)6)33-17-16-26(41-33)27(28(33)32(37)40)30(38)34-24-14-12-23(13-15-24)20(3)4/h12-17,20-22,25-29H,7-11,18-19H2,1-6H3,(H,34,38)(H,35,39)/t21?,22?,25?,26-,27+,28+,29?,33+/m1/s1. The predicted molar refractivity (Wildman–Crippen MR) is 160 cm³/mol. The van der Waals surface area contributed by atoms with Crippen LogP contribution in [0.2, 0.25) is 0 Å². The summed E-state index contributed by atoms with van der Waals surface area (Å²) in [5.41, 5.74) is 0.750. The number of likely N-dealkylation sites (tertiary alicyclic amines) is 1. The average Bonchev–Trinajstić information content (AvgIpc) is 3.59. The quantitative estimate of drug-likeness (QED) is 0.416. The molecule has 1 saturated carbocycles. The fourth-order valence-electron chi connectivity index (χ4n) is 7.52. The molecule has 3 aliphatic heterocycles. The first-order valence-electron chi connectivity index (χ1n) is 15.7. The molecule has 8 heteroatoms. The highest BCUT2D eigenvalue weighted by Gasteiger charge is 2.72. The Morgan fingerprint density at radius 2 is 1.80 bits per heavy atom. The summed E-state index contributed by atoms with van der Waals surface area (Å²) in [5, 5.41) is 6.37. The molecule has 3 amide bonds. The van der Waals surface area contributed by atoms with Gasteiger partial charge in [-0.1, -0.05) is 78.7 Å². The Labute approximate surface area is 245 Å². The number of carbonyl (C=O) groups excluding carboxylic acids is 3. The molecule has 2 bridgehead atoms. The van der Waals surface area contributed by atoms with Gasteiger partial charge in [0.2, 0.25) is 17.7 Å². The minimum Gasteiger partial charge on any atom is -0.359 e. The van der Waals surface area contributed by atoms with Gasteiger partial charge < -0.3 is 25.2 Å². The van der Waals surface area contributed by atoms with E-state index in [1.165, 1.54) is 12.0 Å². The fourth-order valence-corrected chi connectivity index (χ4v) is 7.52. The van der Waals surface area contributed by atoms with Crippen LogP contribution in [-0.4, -0.2) is 77.5 Å². The Morgan fingerprint density at radius 3 is 2.46 bits per heavy atom. The van der Waals surface area contributed by atoms with Crippen LogP contribution in [0.3, 0.4) is 0 Å². The van der Waals surface area contributed by atoms with Crippen molar-refractivity contribution in [2.45, 2.75) is 90.5 Å². The summed E-state index contributed by atoms with van der Waals surface area (Å²) in [7, 11) is 0. The summed E-state index contributed by atoms with van der Waals surface area (Å²) in [5.74, 6) is -0.709. The number of nitrogens with zero attached hydrogens (tertiary/aromatic N) is 2. The Balaban J connectivity index is 1.41. The highest BCUT2D eigenvalue weighted by atomic mass is 16.5. The molecule has 1 aromatic rings. The molecule has 1 aromatic carbocycles. The number of nitrogens with one attached hydrogen (secondary N) is 2. The van der Waals surface area contributed by atoms with E-state index in [0.29, 0.717) is 36.5 Å². The number of likely N-dealkylation sites (N-methyl/N-ethyl adjacent to an activating group) is 1. The number of hydrogen-bond acceptors (Lipinski definition) is 5. The summed E-state index contributed by atoms with van der Waals surface area (Å²) < 4.78 is 6.53. The third kappa shape index (κ3) is 5.34. The molecule has 2 saturated heterocycles. The average molecular weight is 565 g/mol. The number of amides is 3. The number of carbonyl (C=O) groups is 3. The maximum absolute atomic E-state index is 14.2. The van der Waals surface area contributed by atoms with E-state index in [0.717, 1.165) is 25.9 Å². The van der Waals surface area contributed by atoms with Crippen molar-refractivity contribution in [1.29, 1.82) is 0 Å². The zero-order chi connectivity index (χ0) is 29.5. The van der Waals surface area contributed by atoms with Crippen LogP contribution in [0.5, 0.6) is 0 Å². The summed E-state index contributed by atoms with van der Waals surface area (Å²) in [6, 6.07) is 7.11. The summed E-state index contributed by atoms with van der Waals surface area (Å²) in [6.45, 7) is 15.7. The van der Waals surface area contributed by atoms with Gasteiger partial charge in [-0.15, -0.1) is 0 Å². The topological polar surface area (TPSA) is 91.0 Å². The van der Waals surface area contributed by atoms with Gasteiger partial charge in [-0.05, 0) is 55.0 Å². The Bertz CT molecular complexity index is 1160. The van der Waals surface area contributed by atoms with Crippen molar-refractivity contribution in [3.8, 4) is 0 Å². The van der Waals surface area contributed by atoms with Crippen LogP contribution in [-0.2, 0) is 19.1 Å². The van der Waals surface area contributed by atoms with E-state index in [4.69, 9.17) is 4.74 Å². The van der Waals surface area contributed by atoms with Gasteiger partial charge in [0.1, 0.15) is 11.6 Å². The molecule has 0 radical (unpaired) electrons. The zero-order valence-corrected chi connectivity index (χ0v) is 25.6. The largest absolute Gasteiger partial charge is 0.359 e. The first-order chi connectivity index (χ1) is 19.6. The minimum atomic E-state index is -1.14. The molecular formula is C33H48N4O4. The number of rotatable bonds is 10. The predicted octanol–water partition coefficient (Wildman–Crippen LogP) is 4.18. The molecule has 41 heavy (non-hydrogen) atoms. The van der Waals surface area contributed by atoms with Gasteiger partial charge in [0, 0.05) is 24.8 Å². The first-order valence-corrected chi connectivity index (χ1v) is 15.7. The molecule has 8 atom stereocenters. The van der Waals surface area contributed by atoms with Crippen molar-refractivity contribution in [2.75, 3.05) is 31.5 Å². The van der Waals surface area contributed by atoms with Crippen LogP contribution in [0.15, 0.2) is 36.4 Å². The van der Waals surface area contributed by atoms with Crippen molar-refractivity contribution in [2.24, 2.45) is 23.7 Å². The van der Waals surface area contributed by atoms with Crippen LogP contribution < -0.4 is 10.6 Å². The Morgan fingerprint density at radius 1 is 1.10 bits per heavy atom. The highest BCUT2D eigenvalue weighted by molar-refractivity contribution is 6.02. The van der Waals surface area contributed by atoms with Crippen molar-refractivity contribution in [3.05, 3.63) is 42.0 Å². The van der Waals surface area contributed by atoms with E-state index in [9.17, 15) is 14.4 Å². The van der Waals surface area contributed by atoms with Gasteiger partial charge in [0.15, 0.2) is 0 Å². The van der Waals surface area contributed by atoms with Crippen LogP contribution in [0.25, 0.3) is 0 Å². The van der Waals surface area contributed by atoms with Gasteiger partial charge in [0.05, 0.1) is 17.9 Å². The Kier molecular flexibility index (Phi) is 8.63. The normalized spacial score (nSPS) is 34.0. The van der Waals surface area contributed by atoms with Crippen LogP contribution in [0.1, 0.15) is 72.3 Å². The van der Waals surface area contributed by atoms with Crippen molar-refractivity contribution in [3.63, 3.8) is 0 Å². The van der Waals surface area contributed by atoms with Crippen LogP contribution >= 0.6 is 0 Å². The minimum absolute atomic E-state index is 0.0666. The lowest BCUT2D eigenvalue weighted by Gasteiger charge is -2.38. The van der Waals surface area contributed by atoms with E-state index in [2.05, 4.69) is 57.1 Å². The summed E-state index contributed by atoms with van der Waals surface area (Å²) in [4.78, 5) is 46.1. The Hall–Kier alpha value is -2.71. The number of fused-ring (bicyclic) bond motifs is 1. The van der Waals surface area contributed by atoms with E-state index < -0.39 is 29.6 Å². The molecule has 3 fully saturated rings. The molecule has 5 rings (SSSR count). The lowest BCUT2D eigenvalue weighted by atomic mass is 9.73. The van der Waals surface area contributed by atoms with Gasteiger partial charge in [0.25, 0.3) is 0 Å². The van der Waals surface area contributed by atoms with E-state index in [1.54, 1.807) is 4.90 Å². The highest BCUT2D eigenvalue weighted by Crippen LogP contribution is 2.55. The molecule has 0 aromatic heterocycles. The van der Waals surface area contributed by atoms with E-state index in [1.807, 2.05) is 36.4 Å². The van der Waals surface area contributed by atoms with Gasteiger partial charge in [-0.2, -0.15) is 0 Å². The fraction of sp³-hybridized carbons (Fsp3) is 0.667. The lowest BCUT2D eigenvalue weighted by Crippen LogP contribution is -2.58. The van der Waals surface area contributed by atoms with Gasteiger partial charge in [-0.25, -0.2) is 0 Å². The molecule has 8 nitrogen and oxygen atoms in total. The number of benzene rings is 1. The van der Waals surface area contributed by atoms with E-state index in [-0.39, 0.29) is 23.8 Å². The summed E-state index contributed by atoms with van der Waals surface area (Å²) >= 11 is 0. The maximum Gasteiger partial charge on any atom is 0.246 e. The molecule has 224 valence electrons. The third-order valence-electron chi connectivity index (χ3n) is 10.4. The smallest absolute Gasteiger partial charge is 0.246 e.